The molecule has 2 aromatic rings. The van der Waals surface area contributed by atoms with Gasteiger partial charge in [-0.2, -0.15) is 4.31 Å². The van der Waals surface area contributed by atoms with Crippen LogP contribution < -0.4 is 14.8 Å². The zero-order chi connectivity index (χ0) is 21.0. The van der Waals surface area contributed by atoms with Crippen LogP contribution in [0.25, 0.3) is 0 Å². The molecule has 0 aromatic heterocycles. The lowest BCUT2D eigenvalue weighted by Gasteiger charge is -2.27. The van der Waals surface area contributed by atoms with Gasteiger partial charge in [0.05, 0.1) is 31.7 Å². The summed E-state index contributed by atoms with van der Waals surface area (Å²) in [4.78, 5) is 12.6. The number of methoxy groups -OCH3 is 2. The predicted octanol–water partition coefficient (Wildman–Crippen LogP) is 2.52. The van der Waals surface area contributed by atoms with E-state index in [1.807, 2.05) is 18.2 Å². The first-order chi connectivity index (χ1) is 13.9. The van der Waals surface area contributed by atoms with Crippen LogP contribution >= 0.6 is 0 Å². The quantitative estimate of drug-likeness (QED) is 0.747. The van der Waals surface area contributed by atoms with Crippen LogP contribution in [-0.4, -0.2) is 46.4 Å². The Kier molecular flexibility index (Phi) is 6.44. The number of sulfonamides is 1. The van der Waals surface area contributed by atoms with Crippen LogP contribution in [0.3, 0.4) is 0 Å². The Bertz CT molecular complexity index is 990. The highest BCUT2D eigenvalue weighted by molar-refractivity contribution is 7.89. The largest absolute Gasteiger partial charge is 0.493 e. The third-order valence-corrected chi connectivity index (χ3v) is 6.93. The number of hydrogen-bond donors (Lipinski definition) is 1. The van der Waals surface area contributed by atoms with Crippen LogP contribution in [0.4, 0.5) is 0 Å². The molecule has 0 aliphatic heterocycles. The number of ether oxygens (including phenoxy) is 2. The van der Waals surface area contributed by atoms with Crippen molar-refractivity contribution in [1.29, 1.82) is 0 Å². The monoisotopic (exact) mass is 418 g/mol. The topological polar surface area (TPSA) is 84.9 Å². The van der Waals surface area contributed by atoms with Crippen LogP contribution in [-0.2, 0) is 21.2 Å². The molecule has 1 N–H and O–H groups in total. The number of fused-ring (bicyclic) bond motifs is 1. The molecule has 29 heavy (non-hydrogen) atoms. The van der Waals surface area contributed by atoms with Crippen LogP contribution in [0, 0.1) is 0 Å². The third-order valence-electron chi connectivity index (χ3n) is 5.13. The smallest absolute Gasteiger partial charge is 0.243 e. The summed E-state index contributed by atoms with van der Waals surface area (Å²) < 4.78 is 37.1. The van der Waals surface area contributed by atoms with Crippen LogP contribution in [0.5, 0.6) is 11.5 Å². The fourth-order valence-corrected chi connectivity index (χ4v) is 4.73. The summed E-state index contributed by atoms with van der Waals surface area (Å²) >= 11 is 0. The Morgan fingerprint density at radius 2 is 1.86 bits per heavy atom. The van der Waals surface area contributed by atoms with Crippen molar-refractivity contribution in [3.8, 4) is 11.5 Å². The number of carbonyl (C=O) groups is 1. The average Bonchev–Trinajstić information content (AvgIpc) is 2.73. The van der Waals surface area contributed by atoms with Crippen molar-refractivity contribution in [3.63, 3.8) is 0 Å². The Morgan fingerprint density at radius 3 is 2.59 bits per heavy atom. The van der Waals surface area contributed by atoms with Gasteiger partial charge in [0, 0.05) is 13.1 Å². The van der Waals surface area contributed by atoms with Crippen molar-refractivity contribution >= 4 is 15.9 Å². The zero-order valence-electron chi connectivity index (χ0n) is 16.8. The van der Waals surface area contributed by atoms with Gasteiger partial charge in [-0.05, 0) is 42.5 Å². The van der Waals surface area contributed by atoms with E-state index in [0.717, 1.165) is 29.1 Å². The first-order valence-electron chi connectivity index (χ1n) is 9.42. The number of nitrogens with zero attached hydrogens (tertiary/aromatic N) is 1. The second-order valence-corrected chi connectivity index (χ2v) is 9.03. The molecule has 156 valence electrons. The Balaban J connectivity index is 1.71. The average molecular weight is 419 g/mol. The lowest BCUT2D eigenvalue weighted by Crippen LogP contribution is -2.40. The number of nitrogens with one attached hydrogen (secondary N) is 1. The molecule has 1 aliphatic rings. The van der Waals surface area contributed by atoms with E-state index in [1.165, 1.54) is 45.0 Å². The number of likely N-dealkylation sites (N-methyl/N-ethyl adjacent to an activating group) is 1. The van der Waals surface area contributed by atoms with Crippen molar-refractivity contribution in [2.75, 3.05) is 27.8 Å². The van der Waals surface area contributed by atoms with E-state index in [2.05, 4.69) is 11.4 Å². The zero-order valence-corrected chi connectivity index (χ0v) is 17.7. The maximum Gasteiger partial charge on any atom is 0.243 e. The van der Waals surface area contributed by atoms with Crippen LogP contribution in [0.1, 0.15) is 30.0 Å². The van der Waals surface area contributed by atoms with E-state index in [4.69, 9.17) is 9.47 Å². The normalized spacial score (nSPS) is 16.2. The first-order valence-corrected chi connectivity index (χ1v) is 10.9. The molecule has 8 heteroatoms. The molecular weight excluding hydrogens is 392 g/mol. The third kappa shape index (κ3) is 4.54. The highest BCUT2D eigenvalue weighted by atomic mass is 32.2. The molecule has 1 amide bonds. The number of amides is 1. The number of aryl methyl sites for hydroxylation is 1. The van der Waals surface area contributed by atoms with Gasteiger partial charge in [0.15, 0.2) is 11.5 Å². The lowest BCUT2D eigenvalue weighted by molar-refractivity contribution is -0.122. The van der Waals surface area contributed by atoms with E-state index in [0.29, 0.717) is 11.5 Å². The highest BCUT2D eigenvalue weighted by Crippen LogP contribution is 2.31. The number of hydrogen-bond acceptors (Lipinski definition) is 5. The highest BCUT2D eigenvalue weighted by Gasteiger charge is 2.27. The Labute approximate surface area is 171 Å². The summed E-state index contributed by atoms with van der Waals surface area (Å²) in [5.41, 5.74) is 2.34. The molecule has 0 radical (unpaired) electrons. The van der Waals surface area contributed by atoms with Crippen molar-refractivity contribution < 1.29 is 22.7 Å². The molecular formula is C21H26N2O5S. The standard InChI is InChI=1S/C21H26N2O5S/c1-23(29(25,26)16-11-12-19(27-2)20(13-16)28-3)14-21(24)22-18-10-6-8-15-7-4-5-9-17(15)18/h4-5,7,9,11-13,18H,6,8,10,14H2,1-3H3,(H,22,24)/t18-/m0/s1. The van der Waals surface area contributed by atoms with Crippen LogP contribution in [0.15, 0.2) is 47.4 Å². The maximum absolute atomic E-state index is 12.9. The van der Waals surface area contributed by atoms with Crippen LogP contribution in [0.2, 0.25) is 0 Å². The van der Waals surface area contributed by atoms with E-state index in [1.54, 1.807) is 0 Å². The van der Waals surface area contributed by atoms with Gasteiger partial charge >= 0.3 is 0 Å². The molecule has 1 atom stereocenters. The summed E-state index contributed by atoms with van der Waals surface area (Å²) in [5.74, 6) is 0.409. The molecule has 2 aromatic carbocycles. The summed E-state index contributed by atoms with van der Waals surface area (Å²) in [6.45, 7) is -0.269. The van der Waals surface area contributed by atoms with Gasteiger partial charge < -0.3 is 14.8 Å². The van der Waals surface area contributed by atoms with E-state index in [-0.39, 0.29) is 23.4 Å². The number of carbonyl (C=O) groups excluding carboxylic acids is 1. The predicted molar refractivity (Wildman–Crippen MR) is 110 cm³/mol. The fourth-order valence-electron chi connectivity index (χ4n) is 3.59. The SMILES string of the molecule is COc1ccc(S(=O)(=O)N(C)CC(=O)N[C@H]2CCCc3ccccc32)cc1OC. The van der Waals surface area contributed by atoms with Crippen molar-refractivity contribution in [2.45, 2.75) is 30.2 Å². The summed E-state index contributed by atoms with van der Waals surface area (Å²) in [6, 6.07) is 12.3. The fraction of sp³-hybridized carbons (Fsp3) is 0.381. The van der Waals surface area contributed by atoms with E-state index >= 15 is 0 Å². The number of rotatable bonds is 7. The van der Waals surface area contributed by atoms with Gasteiger partial charge in [0.1, 0.15) is 0 Å². The molecule has 3 rings (SSSR count). The molecule has 7 nitrogen and oxygen atoms in total. The molecule has 0 unspecified atom stereocenters. The van der Waals surface area contributed by atoms with E-state index < -0.39 is 10.0 Å². The van der Waals surface area contributed by atoms with Crippen molar-refractivity contribution in [1.82, 2.24) is 9.62 Å². The molecule has 0 bridgehead atoms. The van der Waals surface area contributed by atoms with Crippen molar-refractivity contribution in [3.05, 3.63) is 53.6 Å². The molecule has 1 aliphatic carbocycles. The Morgan fingerprint density at radius 1 is 1.14 bits per heavy atom. The molecule has 0 saturated carbocycles. The summed E-state index contributed by atoms with van der Waals surface area (Å²) in [5, 5.41) is 2.98. The first kappa shape index (κ1) is 21.1. The molecule has 0 heterocycles. The summed E-state index contributed by atoms with van der Waals surface area (Å²) in [6.07, 6.45) is 2.83. The van der Waals surface area contributed by atoms with Gasteiger partial charge in [-0.3, -0.25) is 4.79 Å². The minimum atomic E-state index is -3.86. The van der Waals surface area contributed by atoms with Gasteiger partial charge in [0.2, 0.25) is 15.9 Å². The van der Waals surface area contributed by atoms with E-state index in [9.17, 15) is 13.2 Å². The molecule has 0 saturated heterocycles. The molecule has 0 fully saturated rings. The molecule has 0 spiro atoms. The lowest BCUT2D eigenvalue weighted by atomic mass is 9.88. The van der Waals surface area contributed by atoms with Gasteiger partial charge in [0.25, 0.3) is 0 Å². The Hall–Kier alpha value is -2.58. The van der Waals surface area contributed by atoms with Crippen molar-refractivity contribution in [2.24, 2.45) is 0 Å². The second-order valence-electron chi connectivity index (χ2n) is 6.99. The number of benzene rings is 2. The minimum absolute atomic E-state index is 0.0356. The van der Waals surface area contributed by atoms with Gasteiger partial charge in [-0.15, -0.1) is 0 Å². The van der Waals surface area contributed by atoms with Gasteiger partial charge in [-0.25, -0.2) is 8.42 Å². The summed E-state index contributed by atoms with van der Waals surface area (Å²) in [7, 11) is 0.449. The van der Waals surface area contributed by atoms with Gasteiger partial charge in [-0.1, -0.05) is 24.3 Å². The maximum atomic E-state index is 12.9. The minimum Gasteiger partial charge on any atom is -0.493 e. The second kappa shape index (κ2) is 8.84.